The average molecular weight is 513 g/mol. The van der Waals surface area contributed by atoms with Crippen molar-refractivity contribution in [2.75, 3.05) is 17.8 Å². The number of halogens is 5. The van der Waals surface area contributed by atoms with Gasteiger partial charge in [0.05, 0.1) is 5.69 Å². The van der Waals surface area contributed by atoms with Crippen LogP contribution in [0.2, 0.25) is 0 Å². The fraction of sp³-hybridized carbons (Fsp3) is 0.250. The largest absolute Gasteiger partial charge is 0.573 e. The normalized spacial score (nSPS) is 17.0. The third kappa shape index (κ3) is 6.29. The molecule has 35 heavy (non-hydrogen) atoms. The standard InChI is InChI=1S/C24H21F5N2O3S/c25-19-5-1-16(2-6-19)23(17-3-7-20(26)8-4-17)18-13-14-31(15-18)35(32,33)30-21-9-11-22(12-10-21)34-24(27,28)29/h1-12,18,23,30H,13-15H2. The number of alkyl halides is 3. The molecule has 1 saturated heterocycles. The fourth-order valence-corrected chi connectivity index (χ4v) is 5.56. The minimum atomic E-state index is -4.85. The Balaban J connectivity index is 1.51. The van der Waals surface area contributed by atoms with Crippen LogP contribution in [0.3, 0.4) is 0 Å². The number of nitrogens with zero attached hydrogens (tertiary/aromatic N) is 1. The van der Waals surface area contributed by atoms with Gasteiger partial charge in [-0.1, -0.05) is 24.3 Å². The van der Waals surface area contributed by atoms with Crippen LogP contribution in [-0.4, -0.2) is 32.2 Å². The second kappa shape index (κ2) is 9.82. The first-order valence-electron chi connectivity index (χ1n) is 10.6. The summed E-state index contributed by atoms with van der Waals surface area (Å²) in [6.45, 7) is 0.345. The Kier molecular flexibility index (Phi) is 7.00. The van der Waals surface area contributed by atoms with Crippen LogP contribution in [0.15, 0.2) is 72.8 Å². The Labute approximate surface area is 199 Å². The second-order valence-corrected chi connectivity index (χ2v) is 9.84. The zero-order chi connectivity index (χ0) is 25.2. The maximum atomic E-state index is 13.5. The second-order valence-electron chi connectivity index (χ2n) is 8.17. The number of anilines is 1. The molecule has 0 amide bonds. The Morgan fingerprint density at radius 1 is 0.857 bits per heavy atom. The lowest BCUT2D eigenvalue weighted by Crippen LogP contribution is -2.34. The van der Waals surface area contributed by atoms with Crippen molar-refractivity contribution in [1.82, 2.24) is 4.31 Å². The summed E-state index contributed by atoms with van der Waals surface area (Å²) >= 11 is 0. The third-order valence-electron chi connectivity index (χ3n) is 5.79. The summed E-state index contributed by atoms with van der Waals surface area (Å²) in [6.07, 6.45) is -4.35. The van der Waals surface area contributed by atoms with Gasteiger partial charge in [-0.15, -0.1) is 13.2 Å². The van der Waals surface area contributed by atoms with Gasteiger partial charge in [-0.3, -0.25) is 4.72 Å². The Hall–Kier alpha value is -3.18. The van der Waals surface area contributed by atoms with Crippen LogP contribution in [0.1, 0.15) is 23.5 Å². The fourth-order valence-electron chi connectivity index (χ4n) is 4.26. The zero-order valence-corrected chi connectivity index (χ0v) is 19.0. The first-order valence-corrected chi connectivity index (χ1v) is 12.1. The lowest BCUT2D eigenvalue weighted by atomic mass is 9.80. The van der Waals surface area contributed by atoms with Crippen molar-refractivity contribution in [2.24, 2.45) is 5.92 Å². The Morgan fingerprint density at radius 2 is 1.37 bits per heavy atom. The number of rotatable bonds is 7. The van der Waals surface area contributed by atoms with Gasteiger partial charge in [-0.2, -0.15) is 12.7 Å². The summed E-state index contributed by atoms with van der Waals surface area (Å²) in [5, 5.41) is 0. The molecule has 1 atom stereocenters. The lowest BCUT2D eigenvalue weighted by Gasteiger charge is -2.25. The molecule has 1 N–H and O–H groups in total. The van der Waals surface area contributed by atoms with Gasteiger partial charge in [0.2, 0.25) is 0 Å². The van der Waals surface area contributed by atoms with E-state index in [0.29, 0.717) is 6.42 Å². The van der Waals surface area contributed by atoms with E-state index in [1.807, 2.05) is 0 Å². The van der Waals surface area contributed by atoms with Crippen LogP contribution in [-0.2, 0) is 10.2 Å². The number of benzene rings is 3. The Morgan fingerprint density at radius 3 is 1.86 bits per heavy atom. The highest BCUT2D eigenvalue weighted by atomic mass is 32.2. The molecular formula is C24H21F5N2O3S. The molecule has 0 aliphatic carbocycles. The molecule has 3 aromatic carbocycles. The maximum absolute atomic E-state index is 13.5. The summed E-state index contributed by atoms with van der Waals surface area (Å²) in [4.78, 5) is 0. The molecule has 11 heteroatoms. The number of hydrogen-bond donors (Lipinski definition) is 1. The van der Waals surface area contributed by atoms with E-state index in [4.69, 9.17) is 0 Å². The number of hydrogen-bond acceptors (Lipinski definition) is 3. The van der Waals surface area contributed by atoms with Crippen molar-refractivity contribution in [2.45, 2.75) is 18.7 Å². The highest BCUT2D eigenvalue weighted by molar-refractivity contribution is 7.90. The van der Waals surface area contributed by atoms with E-state index < -0.39 is 34.0 Å². The van der Waals surface area contributed by atoms with Gasteiger partial charge in [0.25, 0.3) is 0 Å². The van der Waals surface area contributed by atoms with Gasteiger partial charge >= 0.3 is 16.6 Å². The van der Waals surface area contributed by atoms with Crippen LogP contribution in [0.25, 0.3) is 0 Å². The molecule has 0 spiro atoms. The maximum Gasteiger partial charge on any atom is 0.573 e. The van der Waals surface area contributed by atoms with E-state index in [-0.39, 0.29) is 30.6 Å². The topological polar surface area (TPSA) is 58.6 Å². The van der Waals surface area contributed by atoms with Crippen LogP contribution < -0.4 is 9.46 Å². The monoisotopic (exact) mass is 512 g/mol. The molecular weight excluding hydrogens is 491 g/mol. The van der Waals surface area contributed by atoms with Gasteiger partial charge in [0, 0.05) is 19.0 Å². The van der Waals surface area contributed by atoms with E-state index in [1.165, 1.54) is 40.7 Å². The van der Waals surface area contributed by atoms with Gasteiger partial charge in [-0.05, 0) is 72.0 Å². The molecule has 186 valence electrons. The lowest BCUT2D eigenvalue weighted by molar-refractivity contribution is -0.274. The molecule has 3 aromatic rings. The summed E-state index contributed by atoms with van der Waals surface area (Å²) in [6, 6.07) is 16.2. The predicted octanol–water partition coefficient (Wildman–Crippen LogP) is 5.67. The molecule has 1 aliphatic heterocycles. The van der Waals surface area contributed by atoms with E-state index in [1.54, 1.807) is 24.3 Å². The molecule has 0 radical (unpaired) electrons. The molecule has 1 heterocycles. The van der Waals surface area contributed by atoms with Crippen LogP contribution in [0.5, 0.6) is 5.75 Å². The first kappa shape index (κ1) is 24.9. The molecule has 1 fully saturated rings. The molecule has 0 aromatic heterocycles. The van der Waals surface area contributed by atoms with Gasteiger partial charge in [0.1, 0.15) is 17.4 Å². The van der Waals surface area contributed by atoms with Gasteiger partial charge < -0.3 is 4.74 Å². The van der Waals surface area contributed by atoms with Crippen molar-refractivity contribution >= 4 is 15.9 Å². The summed E-state index contributed by atoms with van der Waals surface area (Å²) in [7, 11) is -4.00. The minimum Gasteiger partial charge on any atom is -0.406 e. The van der Waals surface area contributed by atoms with Crippen molar-refractivity contribution in [1.29, 1.82) is 0 Å². The van der Waals surface area contributed by atoms with Crippen molar-refractivity contribution < 1.29 is 35.1 Å². The SMILES string of the molecule is O=S(=O)(Nc1ccc(OC(F)(F)F)cc1)N1CCC(C(c2ccc(F)cc2)c2ccc(F)cc2)C1. The zero-order valence-electron chi connectivity index (χ0n) is 18.2. The summed E-state index contributed by atoms with van der Waals surface area (Å²) < 4.78 is 97.3. The molecule has 1 aliphatic rings. The van der Waals surface area contributed by atoms with Crippen LogP contribution in [0.4, 0.5) is 27.6 Å². The number of nitrogens with one attached hydrogen (secondary N) is 1. The van der Waals surface area contributed by atoms with Crippen LogP contribution in [0, 0.1) is 17.6 Å². The van der Waals surface area contributed by atoms with Crippen molar-refractivity contribution in [3.05, 3.63) is 95.6 Å². The molecule has 1 unspecified atom stereocenters. The third-order valence-corrected chi connectivity index (χ3v) is 7.30. The molecule has 0 bridgehead atoms. The van der Waals surface area contributed by atoms with Gasteiger partial charge in [-0.25, -0.2) is 8.78 Å². The number of ether oxygens (including phenoxy) is 1. The Bertz CT molecular complexity index is 1200. The summed E-state index contributed by atoms with van der Waals surface area (Å²) in [5.74, 6) is -1.75. The van der Waals surface area contributed by atoms with E-state index >= 15 is 0 Å². The quantitative estimate of drug-likeness (QED) is 0.415. The molecule has 0 saturated carbocycles. The first-order chi connectivity index (χ1) is 16.5. The van der Waals surface area contributed by atoms with E-state index in [9.17, 15) is 30.4 Å². The summed E-state index contributed by atoms with van der Waals surface area (Å²) in [5.41, 5.74) is 1.63. The van der Waals surface area contributed by atoms with Crippen molar-refractivity contribution in [3.8, 4) is 5.75 Å². The highest BCUT2D eigenvalue weighted by Crippen LogP contribution is 2.38. The van der Waals surface area contributed by atoms with Gasteiger partial charge in [0.15, 0.2) is 0 Å². The predicted molar refractivity (Wildman–Crippen MR) is 120 cm³/mol. The minimum absolute atomic E-state index is 0.0802. The molecule has 4 rings (SSSR count). The van der Waals surface area contributed by atoms with Crippen molar-refractivity contribution in [3.63, 3.8) is 0 Å². The van der Waals surface area contributed by atoms with E-state index in [2.05, 4.69) is 9.46 Å². The highest BCUT2D eigenvalue weighted by Gasteiger charge is 2.37. The molecule has 5 nitrogen and oxygen atoms in total. The smallest absolute Gasteiger partial charge is 0.406 e. The average Bonchev–Trinajstić information content (AvgIpc) is 3.28. The van der Waals surface area contributed by atoms with Crippen LogP contribution >= 0.6 is 0 Å². The van der Waals surface area contributed by atoms with E-state index in [0.717, 1.165) is 23.3 Å².